The molecule has 1 saturated heterocycles. The lowest BCUT2D eigenvalue weighted by atomic mass is 10.0. The lowest BCUT2D eigenvalue weighted by Gasteiger charge is -2.33. The molecule has 0 spiro atoms. The summed E-state index contributed by atoms with van der Waals surface area (Å²) in [7, 11) is -2.04. The van der Waals surface area contributed by atoms with Crippen molar-refractivity contribution in [2.24, 2.45) is 0 Å². The fraction of sp³-hybridized carbons (Fsp3) is 0.281. The van der Waals surface area contributed by atoms with Crippen molar-refractivity contribution >= 4 is 24.9 Å². The number of anilines is 1. The Morgan fingerprint density at radius 1 is 0.875 bits per heavy atom. The molecular formula is C32H35N2O5P. The van der Waals surface area contributed by atoms with E-state index >= 15 is 0 Å². The zero-order valence-corrected chi connectivity index (χ0v) is 24.1. The summed E-state index contributed by atoms with van der Waals surface area (Å²) in [5.41, 5.74) is 5.88. The van der Waals surface area contributed by atoms with Crippen LogP contribution in [-0.2, 0) is 18.6 Å². The van der Waals surface area contributed by atoms with E-state index in [1.54, 1.807) is 12.1 Å². The van der Waals surface area contributed by atoms with Gasteiger partial charge in [-0.2, -0.15) is 0 Å². The Labute approximate surface area is 236 Å². The predicted octanol–water partition coefficient (Wildman–Crippen LogP) is 7.16. The summed E-state index contributed by atoms with van der Waals surface area (Å²) >= 11 is 0. The number of carbonyl (C=O) groups excluding carboxylic acids is 1. The van der Waals surface area contributed by atoms with Crippen LogP contribution >= 0.6 is 7.52 Å². The maximum Gasteiger partial charge on any atom is 0.343 e. The van der Waals surface area contributed by atoms with Gasteiger partial charge in [0.1, 0.15) is 5.76 Å². The van der Waals surface area contributed by atoms with Gasteiger partial charge in [-0.05, 0) is 62.1 Å². The van der Waals surface area contributed by atoms with Crippen molar-refractivity contribution < 1.29 is 23.4 Å². The minimum atomic E-state index is -3.52. The first-order valence-corrected chi connectivity index (χ1v) is 15.2. The van der Waals surface area contributed by atoms with Crippen molar-refractivity contribution in [1.82, 2.24) is 4.90 Å². The summed E-state index contributed by atoms with van der Waals surface area (Å²) < 4.78 is 32.2. The summed E-state index contributed by atoms with van der Waals surface area (Å²) in [6, 6.07) is 24.5. The summed E-state index contributed by atoms with van der Waals surface area (Å²) in [4.78, 5) is 15.5. The first-order valence-electron chi connectivity index (χ1n) is 13.5. The number of aryl methyl sites for hydroxylation is 2. The predicted molar refractivity (Wildman–Crippen MR) is 158 cm³/mol. The molecular weight excluding hydrogens is 523 g/mol. The quantitative estimate of drug-likeness (QED) is 0.179. The van der Waals surface area contributed by atoms with Crippen molar-refractivity contribution in [2.75, 3.05) is 38.5 Å². The van der Waals surface area contributed by atoms with Crippen molar-refractivity contribution in [3.05, 3.63) is 118 Å². The number of hydrogen-bond donors (Lipinski definition) is 1. The summed E-state index contributed by atoms with van der Waals surface area (Å²) in [5.74, 6) is 0.0321. The van der Waals surface area contributed by atoms with Gasteiger partial charge in [0, 0.05) is 37.0 Å². The molecule has 1 aliphatic heterocycles. The average Bonchev–Trinajstić information content (AvgIpc) is 3.45. The van der Waals surface area contributed by atoms with Crippen LogP contribution in [-0.4, -0.2) is 44.3 Å². The summed E-state index contributed by atoms with van der Waals surface area (Å²) in [6.45, 7) is 6.44. The van der Waals surface area contributed by atoms with E-state index in [0.29, 0.717) is 55.8 Å². The van der Waals surface area contributed by atoms with Gasteiger partial charge in [-0.1, -0.05) is 54.6 Å². The zero-order chi connectivity index (χ0) is 28.1. The van der Waals surface area contributed by atoms with E-state index in [1.807, 2.05) is 80.6 Å². The van der Waals surface area contributed by atoms with Gasteiger partial charge >= 0.3 is 13.5 Å². The fourth-order valence-electron chi connectivity index (χ4n) is 5.14. The molecule has 1 heterocycles. The number of benzene rings is 3. The highest BCUT2D eigenvalue weighted by Crippen LogP contribution is 2.61. The standard InChI is InChI=1S/C32H35N2O5P/c1-23-14-15-27(22-24(23)2)33-40(36,37-3)29-17-16-28(30(29)34-18-20-38-21-19-34)31(25-10-6-4-7-11-25)39-32(35)26-12-8-5-9-13-26/h4-15,22H,16-21H2,1-3H3,(H,33,36). The number of allylic oxidation sites excluding steroid dienone is 2. The van der Waals surface area contributed by atoms with E-state index in [1.165, 1.54) is 7.11 Å². The minimum absolute atomic E-state index is 0.440. The topological polar surface area (TPSA) is 77.1 Å². The van der Waals surface area contributed by atoms with Gasteiger partial charge < -0.3 is 24.0 Å². The van der Waals surface area contributed by atoms with Gasteiger partial charge in [0.2, 0.25) is 0 Å². The number of nitrogens with zero attached hydrogens (tertiary/aromatic N) is 1. The van der Waals surface area contributed by atoms with Crippen LogP contribution in [0.1, 0.15) is 39.9 Å². The van der Waals surface area contributed by atoms with Gasteiger partial charge in [0.05, 0.1) is 29.8 Å². The SMILES string of the molecule is COP(=O)(Nc1ccc(C)c(C)c1)C1=C(N2CCOCC2)C(=C(OC(=O)c2ccccc2)c2ccccc2)CC1. The number of carbonyl (C=O) groups is 1. The van der Waals surface area contributed by atoms with Gasteiger partial charge in [0.25, 0.3) is 0 Å². The third-order valence-corrected chi connectivity index (χ3v) is 9.62. The highest BCUT2D eigenvalue weighted by atomic mass is 31.2. The Bertz CT molecular complexity index is 1480. The largest absolute Gasteiger partial charge is 0.422 e. The number of nitrogens with one attached hydrogen (secondary N) is 1. The molecule has 3 aromatic rings. The molecule has 0 saturated carbocycles. The van der Waals surface area contributed by atoms with Crippen LogP contribution in [0.4, 0.5) is 5.69 Å². The summed E-state index contributed by atoms with van der Waals surface area (Å²) in [6.07, 6.45) is 1.06. The molecule has 2 aliphatic rings. The van der Waals surface area contributed by atoms with E-state index < -0.39 is 13.5 Å². The van der Waals surface area contributed by atoms with E-state index in [4.69, 9.17) is 14.0 Å². The first kappa shape index (κ1) is 27.9. The Kier molecular flexibility index (Phi) is 8.55. The third kappa shape index (κ3) is 5.92. The maximum absolute atomic E-state index is 14.6. The Balaban J connectivity index is 1.65. The maximum atomic E-state index is 14.6. The van der Waals surface area contributed by atoms with Crippen LogP contribution in [0.2, 0.25) is 0 Å². The van der Waals surface area contributed by atoms with Gasteiger partial charge in [0.15, 0.2) is 0 Å². The van der Waals surface area contributed by atoms with E-state index in [0.717, 1.165) is 33.6 Å². The van der Waals surface area contributed by atoms with Crippen LogP contribution in [0.25, 0.3) is 5.76 Å². The normalized spacial score (nSPS) is 18.3. The monoisotopic (exact) mass is 558 g/mol. The van der Waals surface area contributed by atoms with Crippen molar-refractivity contribution in [2.45, 2.75) is 26.7 Å². The molecule has 0 radical (unpaired) electrons. The molecule has 0 bridgehead atoms. The fourth-order valence-corrected chi connectivity index (χ4v) is 7.02. The molecule has 40 heavy (non-hydrogen) atoms. The Morgan fingerprint density at radius 2 is 1.52 bits per heavy atom. The van der Waals surface area contributed by atoms with Crippen LogP contribution in [0, 0.1) is 13.8 Å². The molecule has 3 aromatic carbocycles. The Hall–Kier alpha value is -3.64. The lowest BCUT2D eigenvalue weighted by molar-refractivity contribution is 0.0544. The molecule has 8 heteroatoms. The van der Waals surface area contributed by atoms with Crippen LogP contribution in [0.5, 0.6) is 0 Å². The summed E-state index contributed by atoms with van der Waals surface area (Å²) in [5, 5.41) is 3.93. The number of rotatable bonds is 8. The smallest absolute Gasteiger partial charge is 0.343 e. The second-order valence-electron chi connectivity index (χ2n) is 9.97. The van der Waals surface area contributed by atoms with Crippen LogP contribution in [0.15, 0.2) is 95.4 Å². The second-order valence-corrected chi connectivity index (χ2v) is 12.2. The van der Waals surface area contributed by atoms with Gasteiger partial charge in [-0.3, -0.25) is 4.57 Å². The van der Waals surface area contributed by atoms with Gasteiger partial charge in [-0.15, -0.1) is 0 Å². The van der Waals surface area contributed by atoms with E-state index in [9.17, 15) is 9.36 Å². The molecule has 5 rings (SSSR count). The van der Waals surface area contributed by atoms with Crippen molar-refractivity contribution in [1.29, 1.82) is 0 Å². The molecule has 1 N–H and O–H groups in total. The van der Waals surface area contributed by atoms with E-state index in [-0.39, 0.29) is 0 Å². The van der Waals surface area contributed by atoms with Crippen molar-refractivity contribution in [3.8, 4) is 0 Å². The highest BCUT2D eigenvalue weighted by Gasteiger charge is 2.40. The van der Waals surface area contributed by atoms with E-state index in [2.05, 4.69) is 9.99 Å². The van der Waals surface area contributed by atoms with Crippen LogP contribution < -0.4 is 5.09 Å². The number of ether oxygens (including phenoxy) is 2. The molecule has 7 nitrogen and oxygen atoms in total. The average molecular weight is 559 g/mol. The number of morpholine rings is 1. The molecule has 208 valence electrons. The highest BCUT2D eigenvalue weighted by molar-refractivity contribution is 7.65. The zero-order valence-electron chi connectivity index (χ0n) is 23.2. The molecule has 1 aliphatic carbocycles. The lowest BCUT2D eigenvalue weighted by Crippen LogP contribution is -2.36. The molecule has 1 fully saturated rings. The third-order valence-electron chi connectivity index (χ3n) is 7.41. The molecule has 1 atom stereocenters. The molecule has 1 unspecified atom stereocenters. The minimum Gasteiger partial charge on any atom is -0.422 e. The Morgan fingerprint density at radius 3 is 2.15 bits per heavy atom. The van der Waals surface area contributed by atoms with Crippen LogP contribution in [0.3, 0.4) is 0 Å². The van der Waals surface area contributed by atoms with Crippen molar-refractivity contribution in [3.63, 3.8) is 0 Å². The first-order chi connectivity index (χ1) is 19.4. The number of hydrogen-bond acceptors (Lipinski definition) is 6. The molecule has 0 amide bonds. The second kappa shape index (κ2) is 12.3. The number of esters is 1. The van der Waals surface area contributed by atoms with Gasteiger partial charge in [-0.25, -0.2) is 4.79 Å². The molecule has 0 aromatic heterocycles.